The van der Waals surface area contributed by atoms with Crippen LogP contribution in [0.1, 0.15) is 94.1 Å². The molecule has 5 rings (SSSR count). The first-order valence-corrected chi connectivity index (χ1v) is 25.7. The second kappa shape index (κ2) is 16.9. The quantitative estimate of drug-likeness (QED) is 0.0933. The van der Waals surface area contributed by atoms with Gasteiger partial charge in [0.2, 0.25) is 14.8 Å². The molecule has 0 aliphatic carbocycles. The van der Waals surface area contributed by atoms with Crippen LogP contribution in [-0.4, -0.2) is 81.1 Å². The summed E-state index contributed by atoms with van der Waals surface area (Å²) in [5.74, 6) is 0.803. The molecule has 0 spiro atoms. The zero-order chi connectivity index (χ0) is 39.6. The first-order valence-electron chi connectivity index (χ1n) is 19.9. The van der Waals surface area contributed by atoms with Crippen molar-refractivity contribution in [3.63, 3.8) is 0 Å². The number of fused-ring (bicyclic) bond motifs is 1. The molecule has 2 aromatic rings. The van der Waals surface area contributed by atoms with E-state index in [4.69, 9.17) is 32.2 Å². The van der Waals surface area contributed by atoms with Crippen LogP contribution in [0.3, 0.4) is 0 Å². The van der Waals surface area contributed by atoms with E-state index in [-0.39, 0.29) is 39.7 Å². The second-order valence-corrected chi connectivity index (χ2v) is 29.1. The van der Waals surface area contributed by atoms with Gasteiger partial charge in [-0.3, -0.25) is 0 Å². The van der Waals surface area contributed by atoms with Crippen LogP contribution >= 0.6 is 0 Å². The molecule has 0 bridgehead atoms. The zero-order valence-corrected chi connectivity index (χ0v) is 37.4. The van der Waals surface area contributed by atoms with E-state index < -0.39 is 43.9 Å². The number of methoxy groups -OCH3 is 1. The first kappa shape index (κ1) is 43.3. The molecule has 0 N–H and O–H groups in total. The van der Waals surface area contributed by atoms with Crippen LogP contribution in [0.15, 0.2) is 71.1 Å². The topological polar surface area (TPSA) is 102 Å². The van der Waals surface area contributed by atoms with Gasteiger partial charge in [0.05, 0.1) is 50.1 Å². The summed E-state index contributed by atoms with van der Waals surface area (Å²) in [6.45, 7) is 23.3. The third-order valence-corrected chi connectivity index (χ3v) is 24.1. The van der Waals surface area contributed by atoms with Crippen molar-refractivity contribution in [1.29, 1.82) is 0 Å². The summed E-state index contributed by atoms with van der Waals surface area (Å²) in [4.78, 5) is -1.22. The van der Waals surface area contributed by atoms with Crippen LogP contribution in [0.25, 0.3) is 0 Å². The highest BCUT2D eigenvalue weighted by Crippen LogP contribution is 2.56. The van der Waals surface area contributed by atoms with Crippen molar-refractivity contribution in [3.8, 4) is 5.75 Å². The summed E-state index contributed by atoms with van der Waals surface area (Å²) in [6, 6.07) is 19.4. The van der Waals surface area contributed by atoms with Crippen molar-refractivity contribution in [1.82, 2.24) is 0 Å². The molecule has 9 nitrogen and oxygen atoms in total. The Kier molecular flexibility index (Phi) is 13.6. The molecule has 1 unspecified atom stereocenters. The van der Waals surface area contributed by atoms with Gasteiger partial charge in [-0.15, -0.1) is 0 Å². The molecule has 0 radical (unpaired) electrons. The molecule has 12 heteroatoms. The molecule has 0 aromatic heterocycles. The number of sulfone groups is 1. The van der Waals surface area contributed by atoms with Crippen molar-refractivity contribution < 1.29 is 40.6 Å². The van der Waals surface area contributed by atoms with E-state index in [1.54, 1.807) is 31.4 Å². The van der Waals surface area contributed by atoms with Gasteiger partial charge in [-0.1, -0.05) is 104 Å². The van der Waals surface area contributed by atoms with Crippen LogP contribution in [0.5, 0.6) is 5.75 Å². The minimum absolute atomic E-state index is 0.159. The molecular weight excluding hydrogens is 737 g/mol. The normalized spacial score (nSPS) is 27.7. The Morgan fingerprint density at radius 3 is 2.15 bits per heavy atom. The molecule has 0 amide bonds. The van der Waals surface area contributed by atoms with Crippen LogP contribution in [0, 0.1) is 0 Å². The minimum Gasteiger partial charge on any atom is -0.497 e. The fraction of sp³-hybridized carbons (Fsp3) is 0.667. The monoisotopic (exact) mass is 802 g/mol. The predicted octanol–water partition coefficient (Wildman–Crippen LogP) is 9.51. The van der Waals surface area contributed by atoms with E-state index in [1.807, 2.05) is 43.3 Å². The number of hydrogen-bond donors (Lipinski definition) is 0. The maximum atomic E-state index is 14.7. The largest absolute Gasteiger partial charge is 0.497 e. The molecule has 2 aromatic carbocycles. The van der Waals surface area contributed by atoms with E-state index in [0.29, 0.717) is 32.7 Å². The van der Waals surface area contributed by atoms with Crippen molar-refractivity contribution in [3.05, 3.63) is 71.8 Å². The molecule has 3 saturated heterocycles. The van der Waals surface area contributed by atoms with Gasteiger partial charge in [0.15, 0.2) is 8.32 Å². The van der Waals surface area contributed by atoms with Gasteiger partial charge >= 0.3 is 8.56 Å². The van der Waals surface area contributed by atoms with Gasteiger partial charge in [-0.2, -0.15) is 0 Å². The summed E-state index contributed by atoms with van der Waals surface area (Å²) in [5, 5.41) is -0.346. The molecule has 54 heavy (non-hydrogen) atoms. The van der Waals surface area contributed by atoms with Crippen molar-refractivity contribution >= 4 is 26.7 Å². The maximum Gasteiger partial charge on any atom is 0.349 e. The minimum atomic E-state index is -3.93. The van der Waals surface area contributed by atoms with Crippen LogP contribution in [0.4, 0.5) is 0 Å². The fourth-order valence-electron chi connectivity index (χ4n) is 8.64. The molecule has 3 aliphatic rings. The van der Waals surface area contributed by atoms with Gasteiger partial charge < -0.3 is 32.2 Å². The summed E-state index contributed by atoms with van der Waals surface area (Å²) in [5.41, 5.74) is 2.06. The van der Waals surface area contributed by atoms with Gasteiger partial charge in [0, 0.05) is 22.9 Å². The van der Waals surface area contributed by atoms with E-state index in [2.05, 4.69) is 62.3 Å². The highest BCUT2D eigenvalue weighted by atomic mass is 32.2. The zero-order valence-electron chi connectivity index (χ0n) is 34.6. The van der Waals surface area contributed by atoms with Crippen LogP contribution < -0.4 is 4.74 Å². The summed E-state index contributed by atoms with van der Waals surface area (Å²) in [6.07, 6.45) is 1.33. The highest BCUT2D eigenvalue weighted by Gasteiger charge is 2.68. The van der Waals surface area contributed by atoms with Crippen molar-refractivity contribution in [2.75, 3.05) is 20.3 Å². The molecular formula is C42H66O9SSi2. The molecule has 0 saturated carbocycles. The number of rotatable bonds is 16. The van der Waals surface area contributed by atoms with Crippen LogP contribution in [0.2, 0.25) is 28.2 Å². The SMILES string of the molecule is CC[Si](CC)(CC)O[C@@H]1C[C@@H]2O[Si](C(C)(C)C)(C(C)(C)C)OC[C@H]2O[C@H]1CC1(S(=O)(=O)c2ccccc2)O[C@@H]1C/C=C(\C)COCc1ccc(OC)cc1. The lowest BCUT2D eigenvalue weighted by Crippen LogP contribution is -2.68. The Balaban J connectivity index is 1.41. The molecule has 302 valence electrons. The van der Waals surface area contributed by atoms with E-state index in [1.165, 1.54) is 0 Å². The highest BCUT2D eigenvalue weighted by molar-refractivity contribution is 7.93. The van der Waals surface area contributed by atoms with E-state index >= 15 is 0 Å². The lowest BCUT2D eigenvalue weighted by molar-refractivity contribution is -0.198. The standard InChI is InChI=1S/C42H66O9SSi2/c1-12-53(13-2,14-3)50-35-26-36-38(30-47-54(51-36,40(5,6)7)41(8,9)10)48-37(35)27-42(52(43,44)34-18-16-15-17-19-34)39(49-42)25-20-31(4)28-46-29-32-21-23-33(45-11)24-22-32/h15-24,35-39H,12-14,25-30H2,1-11H3/b31-20+/t35-,36+,37+,38-,39-,42?/m1/s1. The van der Waals surface area contributed by atoms with Crippen molar-refractivity contribution in [2.24, 2.45) is 0 Å². The summed E-state index contributed by atoms with van der Waals surface area (Å²) in [7, 11) is -7.19. The number of epoxide rings is 1. The number of ether oxygens (including phenoxy) is 4. The first-order chi connectivity index (χ1) is 25.4. The molecule has 3 aliphatic heterocycles. The third kappa shape index (κ3) is 8.82. The lowest BCUT2D eigenvalue weighted by atomic mass is 9.94. The Labute approximate surface area is 327 Å². The molecule has 3 heterocycles. The maximum absolute atomic E-state index is 14.7. The molecule has 3 fully saturated rings. The second-order valence-electron chi connectivity index (χ2n) is 17.5. The van der Waals surface area contributed by atoms with Gasteiger partial charge in [-0.05, 0) is 61.3 Å². The van der Waals surface area contributed by atoms with Gasteiger partial charge in [-0.25, -0.2) is 8.42 Å². The van der Waals surface area contributed by atoms with Crippen molar-refractivity contribution in [2.45, 2.75) is 164 Å². The smallest absolute Gasteiger partial charge is 0.349 e. The van der Waals surface area contributed by atoms with Gasteiger partial charge in [0.1, 0.15) is 18.0 Å². The average molecular weight is 803 g/mol. The fourth-order valence-corrected chi connectivity index (χ4v) is 18.5. The summed E-state index contributed by atoms with van der Waals surface area (Å²) >= 11 is 0. The number of benzene rings is 2. The molecule has 6 atom stereocenters. The average Bonchev–Trinajstić information content (AvgIpc) is 3.86. The summed E-state index contributed by atoms with van der Waals surface area (Å²) < 4.78 is 75.3. The Hall–Kier alpha value is -1.88. The van der Waals surface area contributed by atoms with Crippen LogP contribution in [-0.2, 0) is 43.9 Å². The third-order valence-electron chi connectivity index (χ3n) is 11.9. The lowest BCUT2D eigenvalue weighted by Gasteiger charge is -2.57. The number of hydrogen-bond acceptors (Lipinski definition) is 9. The van der Waals surface area contributed by atoms with E-state index in [0.717, 1.165) is 35.0 Å². The Bertz CT molecular complexity index is 1640. The van der Waals surface area contributed by atoms with E-state index in [9.17, 15) is 8.42 Å². The van der Waals surface area contributed by atoms with Gasteiger partial charge in [0.25, 0.3) is 0 Å². The Morgan fingerprint density at radius 1 is 0.944 bits per heavy atom. The Morgan fingerprint density at radius 2 is 1.57 bits per heavy atom. The predicted molar refractivity (Wildman–Crippen MR) is 218 cm³/mol.